The van der Waals surface area contributed by atoms with E-state index in [4.69, 9.17) is 0 Å². The van der Waals surface area contributed by atoms with Crippen LogP contribution < -0.4 is 4.13 Å². The maximum atomic E-state index is 12.2. The Hall–Kier alpha value is -0.350. The monoisotopic (exact) mass is 241 g/mol. The van der Waals surface area contributed by atoms with E-state index in [2.05, 4.69) is 0 Å². The number of alkyl halides is 3. The number of hydrogen-bond donors (Lipinski definition) is 1. The van der Waals surface area contributed by atoms with Crippen LogP contribution >= 0.6 is 0 Å². The molecule has 5 nitrogen and oxygen atoms in total. The van der Waals surface area contributed by atoms with Crippen molar-refractivity contribution in [3.8, 4) is 0 Å². The Kier molecular flexibility index (Phi) is 4.13. The van der Waals surface area contributed by atoms with E-state index in [9.17, 15) is 30.0 Å². The number of hydrogen-bond acceptors (Lipinski definition) is 4. The van der Waals surface area contributed by atoms with Gasteiger partial charge in [0, 0.05) is 0 Å². The molecule has 1 N–H and O–H groups in total. The first-order valence-corrected chi connectivity index (χ1v) is 5.96. The summed E-state index contributed by atoms with van der Waals surface area (Å²) in [5.74, 6) is 0. The van der Waals surface area contributed by atoms with E-state index < -0.39 is 38.2 Å². The summed E-state index contributed by atoms with van der Waals surface area (Å²) in [6.45, 7) is -1.91. The van der Waals surface area contributed by atoms with Crippen LogP contribution in [0.1, 0.15) is 0 Å². The summed E-state index contributed by atoms with van der Waals surface area (Å²) in [4.78, 5) is 0. The summed E-state index contributed by atoms with van der Waals surface area (Å²) in [6, 6.07) is -2.02. The molecule has 1 atom stereocenters. The smallest absolute Gasteiger partial charge is 0.247 e. The molecule has 0 spiro atoms. The van der Waals surface area contributed by atoms with Crippen molar-refractivity contribution >= 4 is 20.0 Å². The van der Waals surface area contributed by atoms with Crippen molar-refractivity contribution in [2.24, 2.45) is 0 Å². The molecule has 0 radical (unpaired) electrons. The van der Waals surface area contributed by atoms with Crippen LogP contribution in [0.4, 0.5) is 13.2 Å². The molecule has 0 saturated heterocycles. The van der Waals surface area contributed by atoms with E-state index in [0.29, 0.717) is 4.13 Å². The highest BCUT2D eigenvalue weighted by Gasteiger charge is 2.29. The summed E-state index contributed by atoms with van der Waals surface area (Å²) in [6.07, 6.45) is 0. The first kappa shape index (κ1) is 12.7. The van der Waals surface area contributed by atoms with Crippen LogP contribution in [0, 0.1) is 0 Å². The van der Waals surface area contributed by atoms with E-state index in [1.807, 2.05) is 0 Å². The average Bonchev–Trinajstić information content (AvgIpc) is 2.01. The number of rotatable bonds is 5. The maximum absolute atomic E-state index is 12.2. The maximum Gasteiger partial charge on any atom is 0.259 e. The van der Waals surface area contributed by atoms with Gasteiger partial charge in [-0.15, -0.1) is 4.13 Å². The van der Waals surface area contributed by atoms with Gasteiger partial charge in [-0.1, -0.05) is 0 Å². The van der Waals surface area contributed by atoms with E-state index in [1.165, 1.54) is 0 Å². The first-order valence-electron chi connectivity index (χ1n) is 2.76. The lowest BCUT2D eigenvalue weighted by Crippen LogP contribution is -2.37. The van der Waals surface area contributed by atoms with Crippen molar-refractivity contribution in [1.82, 2.24) is 4.13 Å². The molecule has 0 aromatic carbocycles. The van der Waals surface area contributed by atoms with Gasteiger partial charge in [0.05, 0.1) is 0 Å². The number of halogens is 3. The van der Waals surface area contributed by atoms with Crippen LogP contribution in [-0.2, 0) is 20.0 Å². The fourth-order valence-electron chi connectivity index (χ4n) is 0.334. The lowest BCUT2D eigenvalue weighted by molar-refractivity contribution is 0.330. The third-order valence-corrected chi connectivity index (χ3v) is 3.88. The predicted molar refractivity (Wildman–Crippen MR) is 37.8 cm³/mol. The van der Waals surface area contributed by atoms with Crippen LogP contribution in [0.15, 0.2) is 0 Å². The largest absolute Gasteiger partial charge is 0.259 e. The van der Waals surface area contributed by atoms with Gasteiger partial charge in [-0.2, -0.15) is 0 Å². The standard InChI is InChI=1S/C3H6F3NO4S2/c4-1-3(6)13(10,11)7-12(8,9)2-5/h3,7H,1-2H2. The number of nitrogens with one attached hydrogen (secondary N) is 1. The molecule has 0 aliphatic heterocycles. The van der Waals surface area contributed by atoms with Gasteiger partial charge in [-0.25, -0.2) is 30.0 Å². The van der Waals surface area contributed by atoms with Gasteiger partial charge in [0.15, 0.2) is 0 Å². The molecule has 0 fully saturated rings. The van der Waals surface area contributed by atoms with Crippen molar-refractivity contribution in [3.05, 3.63) is 0 Å². The summed E-state index contributed by atoms with van der Waals surface area (Å²) in [5.41, 5.74) is -3.02. The highest BCUT2D eigenvalue weighted by molar-refractivity contribution is 8.04. The molecule has 0 aliphatic rings. The fourth-order valence-corrected chi connectivity index (χ4v) is 2.51. The molecule has 0 heterocycles. The molecule has 0 amide bonds. The zero-order valence-corrected chi connectivity index (χ0v) is 7.71. The SMILES string of the molecule is O=S(=O)(CF)NS(=O)(=O)C(F)CF. The lowest BCUT2D eigenvalue weighted by Gasteiger charge is -2.06. The second kappa shape index (κ2) is 4.24. The second-order valence-corrected chi connectivity index (χ2v) is 5.63. The van der Waals surface area contributed by atoms with Crippen molar-refractivity contribution in [1.29, 1.82) is 0 Å². The van der Waals surface area contributed by atoms with Gasteiger partial charge in [0.1, 0.15) is 6.67 Å². The summed E-state index contributed by atoms with van der Waals surface area (Å²) in [7, 11) is -9.74. The van der Waals surface area contributed by atoms with E-state index >= 15 is 0 Å². The molecule has 0 rings (SSSR count). The summed E-state index contributed by atoms with van der Waals surface area (Å²) in [5, 5.41) is 0. The number of sulfonamides is 2. The molecule has 13 heavy (non-hydrogen) atoms. The summed E-state index contributed by atoms with van der Waals surface area (Å²) < 4.78 is 77.4. The van der Waals surface area contributed by atoms with Crippen molar-refractivity contribution in [2.45, 2.75) is 5.50 Å². The van der Waals surface area contributed by atoms with Crippen molar-refractivity contribution in [2.75, 3.05) is 12.7 Å². The first-order chi connectivity index (χ1) is 5.75. The minimum atomic E-state index is -5.00. The van der Waals surface area contributed by atoms with Gasteiger partial charge in [0.25, 0.3) is 20.0 Å². The third-order valence-electron chi connectivity index (χ3n) is 0.845. The normalized spacial score (nSPS) is 15.6. The molecule has 0 bridgehead atoms. The van der Waals surface area contributed by atoms with Crippen LogP contribution in [0.5, 0.6) is 0 Å². The lowest BCUT2D eigenvalue weighted by atomic mass is 10.9. The molecule has 0 aliphatic carbocycles. The Balaban J connectivity index is 4.73. The van der Waals surface area contributed by atoms with Gasteiger partial charge < -0.3 is 0 Å². The second-order valence-electron chi connectivity index (χ2n) is 1.92. The zero-order chi connectivity index (χ0) is 10.7. The van der Waals surface area contributed by atoms with Crippen LogP contribution in [0.25, 0.3) is 0 Å². The van der Waals surface area contributed by atoms with E-state index in [-0.39, 0.29) is 0 Å². The highest BCUT2D eigenvalue weighted by atomic mass is 32.3. The minimum Gasteiger partial charge on any atom is -0.247 e. The Morgan fingerprint density at radius 1 is 1.15 bits per heavy atom. The van der Waals surface area contributed by atoms with Crippen molar-refractivity contribution in [3.63, 3.8) is 0 Å². The van der Waals surface area contributed by atoms with Crippen LogP contribution in [0.2, 0.25) is 0 Å². The van der Waals surface area contributed by atoms with Gasteiger partial charge in [0.2, 0.25) is 11.5 Å². The topological polar surface area (TPSA) is 80.3 Å². The molecule has 80 valence electrons. The molecular formula is C3H6F3NO4S2. The van der Waals surface area contributed by atoms with Gasteiger partial charge in [-0.05, 0) is 0 Å². The van der Waals surface area contributed by atoms with E-state index in [0.717, 1.165) is 0 Å². The third kappa shape index (κ3) is 3.91. The van der Waals surface area contributed by atoms with Crippen molar-refractivity contribution < 1.29 is 30.0 Å². The molecule has 0 saturated carbocycles. The molecule has 1 unspecified atom stereocenters. The molecule has 0 aromatic rings. The Labute approximate surface area is 73.0 Å². The predicted octanol–water partition coefficient (Wildman–Crippen LogP) is -0.572. The Morgan fingerprint density at radius 2 is 1.62 bits per heavy atom. The van der Waals surface area contributed by atoms with E-state index in [1.54, 1.807) is 0 Å². The molecule has 0 aromatic heterocycles. The quantitative estimate of drug-likeness (QED) is 0.698. The Bertz CT molecular complexity index is 349. The zero-order valence-electron chi connectivity index (χ0n) is 6.07. The minimum absolute atomic E-state index is 0.687. The van der Waals surface area contributed by atoms with Gasteiger partial charge in [-0.3, -0.25) is 0 Å². The fraction of sp³-hybridized carbons (Fsp3) is 1.00. The molecule has 10 heteroatoms. The van der Waals surface area contributed by atoms with Crippen LogP contribution in [-0.4, -0.2) is 35.0 Å². The summed E-state index contributed by atoms with van der Waals surface area (Å²) >= 11 is 0. The molecular weight excluding hydrogens is 235 g/mol. The van der Waals surface area contributed by atoms with Crippen LogP contribution in [0.3, 0.4) is 0 Å². The average molecular weight is 241 g/mol. The Morgan fingerprint density at radius 3 is 1.92 bits per heavy atom. The van der Waals surface area contributed by atoms with Gasteiger partial charge >= 0.3 is 0 Å². The highest BCUT2D eigenvalue weighted by Crippen LogP contribution is 2.03.